The molecule has 9 heteroatoms. The van der Waals surface area contributed by atoms with Crippen LogP contribution in [0.25, 0.3) is 11.3 Å². The van der Waals surface area contributed by atoms with E-state index in [-0.39, 0.29) is 35.8 Å². The second-order valence-corrected chi connectivity index (χ2v) is 9.21. The van der Waals surface area contributed by atoms with Crippen LogP contribution < -0.4 is 4.90 Å². The van der Waals surface area contributed by atoms with Crippen LogP contribution in [0, 0.1) is 11.6 Å². The number of halogens is 2. The summed E-state index contributed by atoms with van der Waals surface area (Å²) >= 11 is 0. The van der Waals surface area contributed by atoms with Crippen LogP contribution in [-0.2, 0) is 4.79 Å². The Labute approximate surface area is 215 Å². The molecule has 1 fully saturated rings. The van der Waals surface area contributed by atoms with Gasteiger partial charge in [-0.3, -0.25) is 9.59 Å². The van der Waals surface area contributed by atoms with Gasteiger partial charge in [0.05, 0.1) is 5.69 Å². The largest absolute Gasteiger partial charge is 0.353 e. The predicted octanol–water partition coefficient (Wildman–Crippen LogP) is 4.40. The molecule has 0 radical (unpaired) electrons. The van der Waals surface area contributed by atoms with Gasteiger partial charge in [-0.2, -0.15) is 0 Å². The van der Waals surface area contributed by atoms with Crippen molar-refractivity contribution in [2.45, 2.75) is 32.7 Å². The Hall–Kier alpha value is -3.88. The van der Waals surface area contributed by atoms with Gasteiger partial charge in [-0.15, -0.1) is 10.2 Å². The molecule has 3 aromatic rings. The van der Waals surface area contributed by atoms with Crippen molar-refractivity contribution in [3.63, 3.8) is 0 Å². The number of carbonyl (C=O) groups excluding carboxylic acids is 2. The van der Waals surface area contributed by atoms with E-state index in [4.69, 9.17) is 0 Å². The third-order valence-electron chi connectivity index (χ3n) is 6.72. The highest BCUT2D eigenvalue weighted by atomic mass is 19.1. The minimum Gasteiger partial charge on any atom is -0.353 e. The number of hydrogen-bond acceptors (Lipinski definition) is 5. The SMILES string of the molecule is CCC(C)N(CC(=O)N1CCCN(c2ccc(-c3ccc(F)cc3)nn2)CC1)C(=O)c1cccc(F)c1. The fourth-order valence-corrected chi connectivity index (χ4v) is 4.35. The molecule has 1 aliphatic rings. The zero-order chi connectivity index (χ0) is 26.4. The van der Waals surface area contributed by atoms with Gasteiger partial charge in [-0.25, -0.2) is 8.78 Å². The third-order valence-corrected chi connectivity index (χ3v) is 6.72. The first-order valence-electron chi connectivity index (χ1n) is 12.5. The van der Waals surface area contributed by atoms with Gasteiger partial charge in [-0.1, -0.05) is 13.0 Å². The lowest BCUT2D eigenvalue weighted by atomic mass is 10.1. The first-order chi connectivity index (χ1) is 17.9. The van der Waals surface area contributed by atoms with Gasteiger partial charge in [0.15, 0.2) is 5.82 Å². The predicted molar refractivity (Wildman–Crippen MR) is 138 cm³/mol. The lowest BCUT2D eigenvalue weighted by molar-refractivity contribution is -0.132. The maximum Gasteiger partial charge on any atom is 0.254 e. The fraction of sp³-hybridized carbons (Fsp3) is 0.357. The minimum absolute atomic E-state index is 0.0590. The van der Waals surface area contributed by atoms with Crippen LogP contribution in [0.2, 0.25) is 0 Å². The highest BCUT2D eigenvalue weighted by Gasteiger charge is 2.27. The van der Waals surface area contributed by atoms with E-state index in [2.05, 4.69) is 15.1 Å². The van der Waals surface area contributed by atoms with Crippen molar-refractivity contribution in [2.75, 3.05) is 37.6 Å². The summed E-state index contributed by atoms with van der Waals surface area (Å²) < 4.78 is 26.9. The molecule has 1 atom stereocenters. The number of amides is 2. The minimum atomic E-state index is -0.484. The molecule has 0 spiro atoms. The topological polar surface area (TPSA) is 69.6 Å². The second kappa shape index (κ2) is 11.9. The van der Waals surface area contributed by atoms with E-state index in [0.29, 0.717) is 44.1 Å². The van der Waals surface area contributed by atoms with Crippen molar-refractivity contribution >= 4 is 17.6 Å². The van der Waals surface area contributed by atoms with E-state index in [1.807, 2.05) is 26.0 Å². The first-order valence-corrected chi connectivity index (χ1v) is 12.5. The summed E-state index contributed by atoms with van der Waals surface area (Å²) in [6.07, 6.45) is 1.42. The lowest BCUT2D eigenvalue weighted by Gasteiger charge is -2.31. The Morgan fingerprint density at radius 3 is 2.41 bits per heavy atom. The standard InChI is InChI=1S/C28H31F2N5O2/c1-3-20(2)35(28(37)22-6-4-7-24(30)18-22)19-27(36)34-15-5-14-33(16-17-34)26-13-12-25(31-32-26)21-8-10-23(29)11-9-21/h4,6-13,18,20H,3,5,14-17,19H2,1-2H3. The molecule has 0 bridgehead atoms. The van der Waals surface area contributed by atoms with Crippen LogP contribution in [0.5, 0.6) is 0 Å². The Morgan fingerprint density at radius 2 is 1.73 bits per heavy atom. The zero-order valence-corrected chi connectivity index (χ0v) is 21.1. The van der Waals surface area contributed by atoms with Gasteiger partial charge in [0.2, 0.25) is 5.91 Å². The van der Waals surface area contributed by atoms with E-state index in [1.54, 1.807) is 23.1 Å². The number of aromatic nitrogens is 2. The van der Waals surface area contributed by atoms with Crippen LogP contribution in [-0.4, -0.2) is 70.6 Å². The van der Waals surface area contributed by atoms with Crippen molar-refractivity contribution in [1.82, 2.24) is 20.0 Å². The summed E-state index contributed by atoms with van der Waals surface area (Å²) in [6.45, 7) is 6.14. The Bertz CT molecular complexity index is 1220. The molecule has 0 N–H and O–H groups in total. The van der Waals surface area contributed by atoms with Gasteiger partial charge in [0, 0.05) is 43.3 Å². The summed E-state index contributed by atoms with van der Waals surface area (Å²) in [7, 11) is 0. The Kier molecular flexibility index (Phi) is 8.43. The molecule has 7 nitrogen and oxygen atoms in total. The molecule has 0 aliphatic carbocycles. The smallest absolute Gasteiger partial charge is 0.254 e. The number of hydrogen-bond donors (Lipinski definition) is 0. The molecular formula is C28H31F2N5O2. The van der Waals surface area contributed by atoms with Gasteiger partial charge in [0.1, 0.15) is 18.2 Å². The van der Waals surface area contributed by atoms with Crippen LogP contribution >= 0.6 is 0 Å². The van der Waals surface area contributed by atoms with E-state index in [9.17, 15) is 18.4 Å². The number of nitrogens with zero attached hydrogens (tertiary/aromatic N) is 5. The maximum atomic E-state index is 13.7. The zero-order valence-electron chi connectivity index (χ0n) is 21.1. The highest BCUT2D eigenvalue weighted by Crippen LogP contribution is 2.20. The first kappa shape index (κ1) is 26.2. The summed E-state index contributed by atoms with van der Waals surface area (Å²) in [6, 6.07) is 15.2. The van der Waals surface area contributed by atoms with Crippen molar-refractivity contribution in [1.29, 1.82) is 0 Å². The van der Waals surface area contributed by atoms with E-state index >= 15 is 0 Å². The summed E-state index contributed by atoms with van der Waals surface area (Å²) in [5, 5.41) is 8.65. The highest BCUT2D eigenvalue weighted by molar-refractivity contribution is 5.96. The number of rotatable bonds is 7. The molecule has 0 saturated carbocycles. The number of benzene rings is 2. The Morgan fingerprint density at radius 1 is 0.946 bits per heavy atom. The fourth-order valence-electron chi connectivity index (χ4n) is 4.35. The molecule has 37 heavy (non-hydrogen) atoms. The third kappa shape index (κ3) is 6.47. The average molecular weight is 508 g/mol. The molecule has 2 amide bonds. The van der Waals surface area contributed by atoms with Crippen LogP contribution in [0.1, 0.15) is 37.0 Å². The van der Waals surface area contributed by atoms with E-state index < -0.39 is 5.82 Å². The van der Waals surface area contributed by atoms with Gasteiger partial charge < -0.3 is 14.7 Å². The quantitative estimate of drug-likeness (QED) is 0.474. The summed E-state index contributed by atoms with van der Waals surface area (Å²) in [5.74, 6) is -0.562. The number of anilines is 1. The summed E-state index contributed by atoms with van der Waals surface area (Å²) in [5.41, 5.74) is 1.67. The molecule has 2 aromatic carbocycles. The Balaban J connectivity index is 1.39. The monoisotopic (exact) mass is 507 g/mol. The molecule has 1 aliphatic heterocycles. The van der Waals surface area contributed by atoms with Crippen molar-refractivity contribution in [2.24, 2.45) is 0 Å². The summed E-state index contributed by atoms with van der Waals surface area (Å²) in [4.78, 5) is 31.7. The van der Waals surface area contributed by atoms with Gasteiger partial charge in [-0.05, 0) is 74.4 Å². The second-order valence-electron chi connectivity index (χ2n) is 9.21. The number of carbonyl (C=O) groups is 2. The average Bonchev–Trinajstić information content (AvgIpc) is 3.18. The van der Waals surface area contributed by atoms with Crippen molar-refractivity contribution in [3.05, 3.63) is 77.9 Å². The van der Waals surface area contributed by atoms with E-state index in [1.165, 1.54) is 35.2 Å². The van der Waals surface area contributed by atoms with E-state index in [0.717, 1.165) is 12.0 Å². The lowest BCUT2D eigenvalue weighted by Crippen LogP contribution is -2.47. The molecule has 1 aromatic heterocycles. The normalized spacial score (nSPS) is 14.7. The maximum absolute atomic E-state index is 13.7. The van der Waals surface area contributed by atoms with Crippen molar-refractivity contribution in [3.8, 4) is 11.3 Å². The molecule has 1 saturated heterocycles. The molecule has 4 rings (SSSR count). The molecule has 2 heterocycles. The van der Waals surface area contributed by atoms with Crippen LogP contribution in [0.4, 0.5) is 14.6 Å². The van der Waals surface area contributed by atoms with Gasteiger partial charge in [0.25, 0.3) is 5.91 Å². The van der Waals surface area contributed by atoms with Crippen LogP contribution in [0.3, 0.4) is 0 Å². The molecule has 194 valence electrons. The van der Waals surface area contributed by atoms with Crippen LogP contribution in [0.15, 0.2) is 60.7 Å². The molecular weight excluding hydrogens is 476 g/mol. The molecule has 1 unspecified atom stereocenters. The van der Waals surface area contributed by atoms with Gasteiger partial charge >= 0.3 is 0 Å². The van der Waals surface area contributed by atoms with Crippen molar-refractivity contribution < 1.29 is 18.4 Å².